The first-order chi connectivity index (χ1) is 11.9. The van der Waals surface area contributed by atoms with Gasteiger partial charge in [-0.3, -0.25) is 0 Å². The molecule has 0 saturated heterocycles. The van der Waals surface area contributed by atoms with E-state index in [9.17, 15) is 14.7 Å². The number of benzene rings is 2. The summed E-state index contributed by atoms with van der Waals surface area (Å²) in [5, 5.41) is 19.0. The predicted octanol–water partition coefficient (Wildman–Crippen LogP) is 4.11. The Labute approximate surface area is 143 Å². The highest BCUT2D eigenvalue weighted by Crippen LogP contribution is 2.21. The molecule has 1 aromatic heterocycles. The number of hydrogen-bond donors (Lipinski definition) is 2. The maximum absolute atomic E-state index is 11.5. The molecule has 2 N–H and O–H groups in total. The minimum absolute atomic E-state index is 0.203. The highest BCUT2D eigenvalue weighted by Gasteiger charge is 2.11. The van der Waals surface area contributed by atoms with Crippen LogP contribution < -0.4 is 0 Å². The minimum atomic E-state index is -1.00. The normalized spacial score (nSPS) is 11.1. The van der Waals surface area contributed by atoms with Gasteiger partial charge in [0.1, 0.15) is 0 Å². The lowest BCUT2D eigenvalue weighted by molar-refractivity contribution is 0.0687. The van der Waals surface area contributed by atoms with Crippen LogP contribution in [0.1, 0.15) is 37.5 Å². The molecule has 3 rings (SSSR count). The van der Waals surface area contributed by atoms with Crippen LogP contribution in [0.5, 0.6) is 0 Å². The monoisotopic (exact) mass is 333 g/mol. The van der Waals surface area contributed by atoms with Crippen LogP contribution in [0.15, 0.2) is 48.5 Å². The fourth-order valence-corrected chi connectivity index (χ4v) is 2.54. The van der Waals surface area contributed by atoms with Crippen LogP contribution in [0.3, 0.4) is 0 Å². The number of rotatable bonds is 4. The Balaban J connectivity index is 1.99. The van der Waals surface area contributed by atoms with Crippen molar-refractivity contribution < 1.29 is 19.8 Å². The first kappa shape index (κ1) is 16.4. The number of aromatic carboxylic acids is 2. The van der Waals surface area contributed by atoms with Gasteiger partial charge in [0.25, 0.3) is 0 Å². The summed E-state index contributed by atoms with van der Waals surface area (Å²) in [5.74, 6) is -1.98. The molecule has 0 atom stereocenters. The molecule has 0 unspecified atom stereocenters. The van der Waals surface area contributed by atoms with Gasteiger partial charge in [0, 0.05) is 5.39 Å². The van der Waals surface area contributed by atoms with Crippen LogP contribution in [-0.4, -0.2) is 27.1 Å². The van der Waals surface area contributed by atoms with Crippen molar-refractivity contribution in [2.24, 2.45) is 0 Å². The average molecular weight is 333 g/mol. The van der Waals surface area contributed by atoms with Gasteiger partial charge in [0.05, 0.1) is 22.3 Å². The minimum Gasteiger partial charge on any atom is -0.478 e. The number of pyridine rings is 1. The zero-order chi connectivity index (χ0) is 18.0. The summed E-state index contributed by atoms with van der Waals surface area (Å²) >= 11 is 0. The summed E-state index contributed by atoms with van der Waals surface area (Å²) in [6.45, 7) is 1.90. The third-order valence-electron chi connectivity index (χ3n) is 3.82. The van der Waals surface area contributed by atoms with Gasteiger partial charge >= 0.3 is 11.9 Å². The standard InChI is InChI=1S/C20H15NO4/c1-12-2-9-18-16(10-12)17(20(24)25)11-15(21-18)8-5-13-3-6-14(7-4-13)19(22)23/h2-11H,1H3,(H,22,23)(H,24,25)/b8-5+. The van der Waals surface area contributed by atoms with E-state index < -0.39 is 11.9 Å². The number of nitrogens with zero attached hydrogens (tertiary/aromatic N) is 1. The van der Waals surface area contributed by atoms with Gasteiger partial charge < -0.3 is 10.2 Å². The topological polar surface area (TPSA) is 87.5 Å². The fourth-order valence-electron chi connectivity index (χ4n) is 2.54. The van der Waals surface area contributed by atoms with Crippen LogP contribution in [0.2, 0.25) is 0 Å². The van der Waals surface area contributed by atoms with Crippen molar-refractivity contribution in [2.45, 2.75) is 6.92 Å². The Hall–Kier alpha value is -3.47. The molecule has 124 valence electrons. The number of hydrogen-bond acceptors (Lipinski definition) is 3. The van der Waals surface area contributed by atoms with Crippen molar-refractivity contribution >= 4 is 35.0 Å². The molecule has 0 radical (unpaired) electrons. The number of carboxylic acids is 2. The Bertz CT molecular complexity index is 1000. The van der Waals surface area contributed by atoms with E-state index in [2.05, 4.69) is 4.98 Å². The van der Waals surface area contributed by atoms with Gasteiger partial charge in [-0.05, 0) is 48.9 Å². The molecule has 5 nitrogen and oxygen atoms in total. The molecular weight excluding hydrogens is 318 g/mol. The third kappa shape index (κ3) is 3.55. The van der Waals surface area contributed by atoms with Crippen molar-refractivity contribution in [1.82, 2.24) is 4.98 Å². The van der Waals surface area contributed by atoms with Gasteiger partial charge in [-0.15, -0.1) is 0 Å². The largest absolute Gasteiger partial charge is 0.478 e. The number of carbonyl (C=O) groups is 2. The van der Waals surface area contributed by atoms with E-state index in [1.54, 1.807) is 30.4 Å². The second kappa shape index (κ2) is 6.57. The second-order valence-corrected chi connectivity index (χ2v) is 5.68. The van der Waals surface area contributed by atoms with Crippen LogP contribution in [-0.2, 0) is 0 Å². The second-order valence-electron chi connectivity index (χ2n) is 5.68. The lowest BCUT2D eigenvalue weighted by Crippen LogP contribution is -2.00. The molecule has 25 heavy (non-hydrogen) atoms. The lowest BCUT2D eigenvalue weighted by Gasteiger charge is -2.05. The van der Waals surface area contributed by atoms with Crippen LogP contribution in [0.4, 0.5) is 0 Å². The Morgan fingerprint density at radius 3 is 2.28 bits per heavy atom. The van der Waals surface area contributed by atoms with Crippen LogP contribution >= 0.6 is 0 Å². The molecule has 0 aliphatic heterocycles. The van der Waals surface area contributed by atoms with E-state index in [4.69, 9.17) is 5.11 Å². The SMILES string of the molecule is Cc1ccc2nc(/C=C/c3ccc(C(=O)O)cc3)cc(C(=O)O)c2c1. The number of aromatic nitrogens is 1. The summed E-state index contributed by atoms with van der Waals surface area (Å²) in [7, 11) is 0. The molecule has 3 aromatic rings. The van der Waals surface area contributed by atoms with Gasteiger partial charge in [-0.25, -0.2) is 14.6 Å². The Kier molecular flexibility index (Phi) is 4.31. The third-order valence-corrected chi connectivity index (χ3v) is 3.82. The Morgan fingerprint density at radius 2 is 1.64 bits per heavy atom. The molecule has 0 saturated carbocycles. The maximum Gasteiger partial charge on any atom is 0.336 e. The predicted molar refractivity (Wildman–Crippen MR) is 95.8 cm³/mol. The molecule has 5 heteroatoms. The smallest absolute Gasteiger partial charge is 0.336 e. The van der Waals surface area contributed by atoms with E-state index >= 15 is 0 Å². The molecule has 0 spiro atoms. The van der Waals surface area contributed by atoms with Crippen molar-refractivity contribution in [3.8, 4) is 0 Å². The summed E-state index contributed by atoms with van der Waals surface area (Å²) in [6, 6.07) is 13.4. The molecule has 0 fully saturated rings. The summed E-state index contributed by atoms with van der Waals surface area (Å²) < 4.78 is 0. The van der Waals surface area contributed by atoms with Gasteiger partial charge in [-0.1, -0.05) is 29.8 Å². The lowest BCUT2D eigenvalue weighted by atomic mass is 10.0. The summed E-state index contributed by atoms with van der Waals surface area (Å²) in [6.07, 6.45) is 3.47. The van der Waals surface area contributed by atoms with Crippen LogP contribution in [0.25, 0.3) is 23.1 Å². The van der Waals surface area contributed by atoms with E-state index in [0.29, 0.717) is 16.6 Å². The van der Waals surface area contributed by atoms with E-state index in [0.717, 1.165) is 11.1 Å². The number of aryl methyl sites for hydroxylation is 1. The summed E-state index contributed by atoms with van der Waals surface area (Å²) in [5.41, 5.74) is 3.33. The van der Waals surface area contributed by atoms with E-state index in [-0.39, 0.29) is 11.1 Å². The van der Waals surface area contributed by atoms with Gasteiger partial charge in [-0.2, -0.15) is 0 Å². The fraction of sp³-hybridized carbons (Fsp3) is 0.0500. The molecule has 0 amide bonds. The number of fused-ring (bicyclic) bond motifs is 1. The van der Waals surface area contributed by atoms with E-state index in [1.165, 1.54) is 18.2 Å². The van der Waals surface area contributed by atoms with Crippen LogP contribution in [0, 0.1) is 6.92 Å². The highest BCUT2D eigenvalue weighted by molar-refractivity contribution is 6.03. The molecule has 0 aliphatic rings. The zero-order valence-electron chi connectivity index (χ0n) is 13.4. The molecule has 0 aliphatic carbocycles. The molecule has 2 aromatic carbocycles. The molecule has 0 bridgehead atoms. The first-order valence-electron chi connectivity index (χ1n) is 7.60. The quantitative estimate of drug-likeness (QED) is 0.750. The Morgan fingerprint density at radius 1 is 0.920 bits per heavy atom. The summed E-state index contributed by atoms with van der Waals surface area (Å²) in [4.78, 5) is 26.9. The average Bonchev–Trinajstić information content (AvgIpc) is 2.59. The first-order valence-corrected chi connectivity index (χ1v) is 7.60. The van der Waals surface area contributed by atoms with Crippen molar-refractivity contribution in [3.63, 3.8) is 0 Å². The number of carboxylic acid groups (broad SMARTS) is 2. The highest BCUT2D eigenvalue weighted by atomic mass is 16.4. The zero-order valence-corrected chi connectivity index (χ0v) is 13.4. The van der Waals surface area contributed by atoms with Gasteiger partial charge in [0.15, 0.2) is 0 Å². The molecule has 1 heterocycles. The maximum atomic E-state index is 11.5. The van der Waals surface area contributed by atoms with Crippen molar-refractivity contribution in [2.75, 3.05) is 0 Å². The van der Waals surface area contributed by atoms with E-state index in [1.807, 2.05) is 19.1 Å². The van der Waals surface area contributed by atoms with Crippen molar-refractivity contribution in [3.05, 3.63) is 76.5 Å². The van der Waals surface area contributed by atoms with Crippen molar-refractivity contribution in [1.29, 1.82) is 0 Å². The molecular formula is C20H15NO4. The van der Waals surface area contributed by atoms with Gasteiger partial charge in [0.2, 0.25) is 0 Å².